The number of esters is 1. The smallest absolute Gasteiger partial charge is 0.357 e. The quantitative estimate of drug-likeness (QED) is 0.785. The summed E-state index contributed by atoms with van der Waals surface area (Å²) in [4.78, 5) is 15.7. The van der Waals surface area contributed by atoms with Gasteiger partial charge in [0.2, 0.25) is 0 Å². The molecule has 2 rings (SSSR count). The first-order valence-corrected chi connectivity index (χ1v) is 7.69. The largest absolute Gasteiger partial charge is 0.461 e. The van der Waals surface area contributed by atoms with E-state index in [9.17, 15) is 4.79 Å². The Bertz CT molecular complexity index is 628. The van der Waals surface area contributed by atoms with E-state index in [-0.39, 0.29) is 11.1 Å². The monoisotopic (exact) mass is 305 g/mol. The molecule has 1 heterocycles. The van der Waals surface area contributed by atoms with E-state index in [1.807, 2.05) is 18.2 Å². The fourth-order valence-electron chi connectivity index (χ4n) is 1.73. The predicted molar refractivity (Wildman–Crippen MR) is 83.3 cm³/mol. The van der Waals surface area contributed by atoms with Crippen molar-refractivity contribution in [3.63, 3.8) is 0 Å². The summed E-state index contributed by atoms with van der Waals surface area (Å²) in [6.07, 6.45) is 0. The molecule has 0 aliphatic rings. The molecule has 1 aromatic carbocycles. The summed E-state index contributed by atoms with van der Waals surface area (Å²) in [7, 11) is 0. The van der Waals surface area contributed by atoms with Crippen molar-refractivity contribution in [3.05, 3.63) is 40.9 Å². The van der Waals surface area contributed by atoms with Crippen LogP contribution in [0.2, 0.25) is 0 Å². The summed E-state index contributed by atoms with van der Waals surface area (Å²) in [5, 5.41) is 2.07. The van der Waals surface area contributed by atoms with Gasteiger partial charge in [-0.1, -0.05) is 44.2 Å². The number of carbonyl (C=O) groups is 1. The molecule has 0 saturated carbocycles. The molecule has 0 aliphatic heterocycles. The standard InChI is InChI=1S/C16H19NO3S/c1-5-19-14(18)13-10-21-15(17-13)20-12-8-6-7-11(9-12)16(2,3)4/h6-10H,5H2,1-4H3. The molecule has 0 fully saturated rings. The zero-order chi connectivity index (χ0) is 15.5. The van der Waals surface area contributed by atoms with Gasteiger partial charge in [0.15, 0.2) is 5.69 Å². The molecule has 0 saturated heterocycles. The Morgan fingerprint density at radius 1 is 1.33 bits per heavy atom. The normalized spacial score (nSPS) is 11.2. The second-order valence-electron chi connectivity index (χ2n) is 5.60. The van der Waals surface area contributed by atoms with Crippen LogP contribution < -0.4 is 4.74 Å². The molecule has 0 bridgehead atoms. The van der Waals surface area contributed by atoms with Crippen LogP contribution in [0.4, 0.5) is 0 Å². The molecular formula is C16H19NO3S. The molecule has 4 nitrogen and oxygen atoms in total. The van der Waals surface area contributed by atoms with Gasteiger partial charge in [0.25, 0.3) is 5.19 Å². The molecule has 0 radical (unpaired) electrons. The maximum Gasteiger partial charge on any atom is 0.357 e. The highest BCUT2D eigenvalue weighted by Crippen LogP contribution is 2.29. The lowest BCUT2D eigenvalue weighted by Gasteiger charge is -2.19. The van der Waals surface area contributed by atoms with Gasteiger partial charge in [-0.3, -0.25) is 0 Å². The first-order chi connectivity index (χ1) is 9.90. The van der Waals surface area contributed by atoms with Crippen LogP contribution in [0.15, 0.2) is 29.6 Å². The van der Waals surface area contributed by atoms with E-state index in [4.69, 9.17) is 9.47 Å². The number of nitrogens with zero attached hydrogens (tertiary/aromatic N) is 1. The van der Waals surface area contributed by atoms with Crippen molar-refractivity contribution in [2.24, 2.45) is 0 Å². The minimum Gasteiger partial charge on any atom is -0.461 e. The number of aromatic nitrogens is 1. The maximum atomic E-state index is 11.6. The molecule has 1 aromatic heterocycles. The molecule has 0 N–H and O–H groups in total. The fourth-order valence-corrected chi connectivity index (χ4v) is 2.39. The average Bonchev–Trinajstić information content (AvgIpc) is 2.87. The Labute approximate surface area is 128 Å². The minimum absolute atomic E-state index is 0.0539. The van der Waals surface area contributed by atoms with E-state index >= 15 is 0 Å². The van der Waals surface area contributed by atoms with Crippen LogP contribution in [0.25, 0.3) is 0 Å². The van der Waals surface area contributed by atoms with E-state index < -0.39 is 5.97 Å². The van der Waals surface area contributed by atoms with Crippen molar-refractivity contribution in [1.82, 2.24) is 4.98 Å². The fraction of sp³-hybridized carbons (Fsp3) is 0.375. The van der Waals surface area contributed by atoms with Gasteiger partial charge in [-0.05, 0) is 30.0 Å². The van der Waals surface area contributed by atoms with Gasteiger partial charge in [0.1, 0.15) is 5.75 Å². The first kappa shape index (κ1) is 15.5. The number of hydrogen-bond acceptors (Lipinski definition) is 5. The Kier molecular flexibility index (Phi) is 4.63. The van der Waals surface area contributed by atoms with Crippen molar-refractivity contribution in [1.29, 1.82) is 0 Å². The van der Waals surface area contributed by atoms with Crippen molar-refractivity contribution in [3.8, 4) is 10.9 Å². The third-order valence-corrected chi connectivity index (χ3v) is 3.59. The van der Waals surface area contributed by atoms with Crippen LogP contribution in [0.5, 0.6) is 10.9 Å². The van der Waals surface area contributed by atoms with Crippen LogP contribution in [-0.4, -0.2) is 17.6 Å². The van der Waals surface area contributed by atoms with Gasteiger partial charge < -0.3 is 9.47 Å². The number of thiazole rings is 1. The number of rotatable bonds is 4. The van der Waals surface area contributed by atoms with Gasteiger partial charge in [-0.25, -0.2) is 4.79 Å². The average molecular weight is 305 g/mol. The third-order valence-electron chi connectivity index (χ3n) is 2.87. The van der Waals surface area contributed by atoms with Crippen molar-refractivity contribution < 1.29 is 14.3 Å². The van der Waals surface area contributed by atoms with Crippen LogP contribution in [-0.2, 0) is 10.2 Å². The van der Waals surface area contributed by atoms with E-state index in [1.54, 1.807) is 12.3 Å². The molecular weight excluding hydrogens is 286 g/mol. The highest BCUT2D eigenvalue weighted by Gasteiger charge is 2.16. The first-order valence-electron chi connectivity index (χ1n) is 6.81. The van der Waals surface area contributed by atoms with E-state index in [0.29, 0.717) is 17.6 Å². The molecule has 21 heavy (non-hydrogen) atoms. The van der Waals surface area contributed by atoms with Gasteiger partial charge >= 0.3 is 5.97 Å². The Balaban J connectivity index is 2.14. The minimum atomic E-state index is -0.424. The molecule has 112 valence electrons. The summed E-state index contributed by atoms with van der Waals surface area (Å²) in [6.45, 7) is 8.54. The predicted octanol–water partition coefficient (Wildman–Crippen LogP) is 4.41. The molecule has 0 amide bonds. The van der Waals surface area contributed by atoms with E-state index in [0.717, 1.165) is 0 Å². The molecule has 0 spiro atoms. The second kappa shape index (κ2) is 6.26. The third kappa shape index (κ3) is 4.04. The van der Waals surface area contributed by atoms with E-state index in [2.05, 4.69) is 31.8 Å². The number of benzene rings is 1. The lowest BCUT2D eigenvalue weighted by atomic mass is 9.87. The summed E-state index contributed by atoms with van der Waals surface area (Å²) in [5.74, 6) is 0.291. The van der Waals surface area contributed by atoms with Crippen LogP contribution >= 0.6 is 11.3 Å². The zero-order valence-electron chi connectivity index (χ0n) is 12.7. The SMILES string of the molecule is CCOC(=O)c1csc(Oc2cccc(C(C)(C)C)c2)n1. The van der Waals surface area contributed by atoms with Gasteiger partial charge in [0.05, 0.1) is 6.61 Å². The maximum absolute atomic E-state index is 11.6. The van der Waals surface area contributed by atoms with Crippen LogP contribution in [0, 0.1) is 0 Å². The van der Waals surface area contributed by atoms with Crippen molar-refractivity contribution in [2.45, 2.75) is 33.1 Å². The summed E-state index contributed by atoms with van der Waals surface area (Å²) < 4.78 is 10.6. The van der Waals surface area contributed by atoms with Crippen LogP contribution in [0.1, 0.15) is 43.7 Å². The lowest BCUT2D eigenvalue weighted by molar-refractivity contribution is 0.0520. The summed E-state index contributed by atoms with van der Waals surface area (Å²) >= 11 is 1.28. The Hall–Kier alpha value is -1.88. The zero-order valence-corrected chi connectivity index (χ0v) is 13.5. The second-order valence-corrected chi connectivity index (χ2v) is 6.42. The Morgan fingerprint density at radius 3 is 2.76 bits per heavy atom. The van der Waals surface area contributed by atoms with Crippen molar-refractivity contribution >= 4 is 17.3 Å². The summed E-state index contributed by atoms with van der Waals surface area (Å²) in [5.41, 5.74) is 1.52. The summed E-state index contributed by atoms with van der Waals surface area (Å²) in [6, 6.07) is 7.89. The van der Waals surface area contributed by atoms with E-state index in [1.165, 1.54) is 16.9 Å². The van der Waals surface area contributed by atoms with Crippen molar-refractivity contribution in [2.75, 3.05) is 6.61 Å². The van der Waals surface area contributed by atoms with Gasteiger partial charge in [0, 0.05) is 5.38 Å². The molecule has 0 unspecified atom stereocenters. The number of carbonyl (C=O) groups excluding carboxylic acids is 1. The highest BCUT2D eigenvalue weighted by molar-refractivity contribution is 7.11. The molecule has 0 aliphatic carbocycles. The topological polar surface area (TPSA) is 48.4 Å². The van der Waals surface area contributed by atoms with Gasteiger partial charge in [-0.2, -0.15) is 4.98 Å². The lowest BCUT2D eigenvalue weighted by Crippen LogP contribution is -2.10. The highest BCUT2D eigenvalue weighted by atomic mass is 32.1. The van der Waals surface area contributed by atoms with Crippen LogP contribution in [0.3, 0.4) is 0 Å². The molecule has 2 aromatic rings. The number of ether oxygens (including phenoxy) is 2. The van der Waals surface area contributed by atoms with Gasteiger partial charge in [-0.15, -0.1) is 0 Å². The molecule has 0 atom stereocenters. The molecule has 5 heteroatoms. The Morgan fingerprint density at radius 2 is 2.10 bits per heavy atom. The number of hydrogen-bond donors (Lipinski definition) is 0.